The van der Waals surface area contributed by atoms with Crippen molar-refractivity contribution in [3.63, 3.8) is 0 Å². The van der Waals surface area contributed by atoms with E-state index in [0.29, 0.717) is 13.0 Å². The highest BCUT2D eigenvalue weighted by Gasteiger charge is 2.46. The van der Waals surface area contributed by atoms with E-state index in [9.17, 15) is 9.18 Å². The maximum Gasteiger partial charge on any atom is 0.236 e. The Bertz CT molecular complexity index is 494. The van der Waals surface area contributed by atoms with Gasteiger partial charge < -0.3 is 4.90 Å². The minimum atomic E-state index is -0.229. The van der Waals surface area contributed by atoms with Crippen LogP contribution >= 0.6 is 0 Å². The van der Waals surface area contributed by atoms with Gasteiger partial charge >= 0.3 is 0 Å². The maximum absolute atomic E-state index is 13.0. The third kappa shape index (κ3) is 2.55. The van der Waals surface area contributed by atoms with Crippen LogP contribution in [0, 0.1) is 5.82 Å². The van der Waals surface area contributed by atoms with Gasteiger partial charge in [-0.25, -0.2) is 9.40 Å². The fourth-order valence-electron chi connectivity index (χ4n) is 3.16. The van der Waals surface area contributed by atoms with E-state index < -0.39 is 0 Å². The maximum atomic E-state index is 13.0. The molecule has 2 aliphatic rings. The lowest BCUT2D eigenvalue weighted by Gasteiger charge is -2.42. The summed E-state index contributed by atoms with van der Waals surface area (Å²) in [6.45, 7) is 2.65. The molecule has 1 aromatic rings. The molecular weight excluding hydrogens is 257 g/mol. The van der Waals surface area contributed by atoms with Gasteiger partial charge in [0.05, 0.1) is 5.54 Å². The normalized spacial score (nSPS) is 23.2. The van der Waals surface area contributed by atoms with Crippen molar-refractivity contribution in [2.75, 3.05) is 20.1 Å². The van der Waals surface area contributed by atoms with Crippen LogP contribution in [0.3, 0.4) is 0 Å². The Labute approximate surface area is 118 Å². The Morgan fingerprint density at radius 1 is 1.25 bits per heavy atom. The Balaban J connectivity index is 1.76. The lowest BCUT2D eigenvalue weighted by molar-refractivity contribution is -0.121. The van der Waals surface area contributed by atoms with Crippen LogP contribution in [0.25, 0.3) is 0 Å². The van der Waals surface area contributed by atoms with Gasteiger partial charge in [0, 0.05) is 13.0 Å². The molecule has 1 N–H and O–H groups in total. The second-order valence-electron chi connectivity index (χ2n) is 5.95. The molecule has 108 valence electrons. The molecule has 3 rings (SSSR count). The van der Waals surface area contributed by atoms with Gasteiger partial charge in [-0.1, -0.05) is 12.1 Å². The number of carbonyl (C=O) groups is 1. The predicted octanol–water partition coefficient (Wildman–Crippen LogP) is 1.53. The molecule has 0 bridgehead atoms. The summed E-state index contributed by atoms with van der Waals surface area (Å²) >= 11 is 0. The molecule has 2 heterocycles. The van der Waals surface area contributed by atoms with E-state index in [-0.39, 0.29) is 17.3 Å². The van der Waals surface area contributed by atoms with Gasteiger partial charge in [-0.3, -0.25) is 10.2 Å². The van der Waals surface area contributed by atoms with Crippen LogP contribution in [0.5, 0.6) is 0 Å². The Hall–Kier alpha value is -1.46. The molecule has 4 nitrogen and oxygen atoms in total. The number of halogens is 1. The van der Waals surface area contributed by atoms with Crippen molar-refractivity contribution in [1.82, 2.24) is 15.3 Å². The van der Waals surface area contributed by atoms with Crippen LogP contribution in [-0.4, -0.2) is 41.5 Å². The third-order valence-electron chi connectivity index (χ3n) is 4.49. The smallest absolute Gasteiger partial charge is 0.236 e. The minimum absolute atomic E-state index is 0.0714. The molecular formula is C15H20FN3O. The molecule has 0 aromatic heterocycles. The largest absolute Gasteiger partial charge is 0.306 e. The number of hydrogen-bond donors (Lipinski definition) is 1. The van der Waals surface area contributed by atoms with E-state index in [1.165, 1.54) is 12.1 Å². The fourth-order valence-corrected chi connectivity index (χ4v) is 3.16. The summed E-state index contributed by atoms with van der Waals surface area (Å²) in [6, 6.07) is 6.49. The minimum Gasteiger partial charge on any atom is -0.306 e. The van der Waals surface area contributed by atoms with Crippen molar-refractivity contribution >= 4 is 5.91 Å². The van der Waals surface area contributed by atoms with Crippen molar-refractivity contribution in [3.8, 4) is 0 Å². The number of amides is 1. The summed E-state index contributed by atoms with van der Waals surface area (Å²) in [4.78, 5) is 14.1. The highest BCUT2D eigenvalue weighted by Crippen LogP contribution is 2.35. The summed E-state index contributed by atoms with van der Waals surface area (Å²) in [6.07, 6.45) is 2.55. The Morgan fingerprint density at radius 3 is 2.55 bits per heavy atom. The lowest BCUT2D eigenvalue weighted by Crippen LogP contribution is -2.53. The van der Waals surface area contributed by atoms with E-state index >= 15 is 0 Å². The summed E-state index contributed by atoms with van der Waals surface area (Å²) in [5, 5.41) is 2.07. The molecule has 1 amide bonds. The molecule has 0 unspecified atom stereocenters. The third-order valence-corrected chi connectivity index (χ3v) is 4.49. The average molecular weight is 277 g/mol. The number of rotatable bonds is 2. The lowest BCUT2D eigenvalue weighted by atomic mass is 9.84. The number of benzene rings is 1. The van der Waals surface area contributed by atoms with Crippen molar-refractivity contribution < 1.29 is 9.18 Å². The Morgan fingerprint density at radius 2 is 1.90 bits per heavy atom. The van der Waals surface area contributed by atoms with Crippen LogP contribution in [0.4, 0.5) is 4.39 Å². The second-order valence-corrected chi connectivity index (χ2v) is 5.95. The van der Waals surface area contributed by atoms with E-state index in [0.717, 1.165) is 31.5 Å². The first-order valence-corrected chi connectivity index (χ1v) is 7.08. The molecule has 0 atom stereocenters. The van der Waals surface area contributed by atoms with Gasteiger partial charge in [0.15, 0.2) is 0 Å². The summed E-state index contributed by atoms with van der Waals surface area (Å²) < 4.78 is 13.0. The van der Waals surface area contributed by atoms with E-state index in [1.807, 2.05) is 0 Å². The van der Waals surface area contributed by atoms with Gasteiger partial charge in [0.1, 0.15) is 5.82 Å². The molecule has 2 aliphatic heterocycles. The zero-order valence-electron chi connectivity index (χ0n) is 11.7. The summed E-state index contributed by atoms with van der Waals surface area (Å²) in [5.41, 5.74) is 3.92. The molecule has 20 heavy (non-hydrogen) atoms. The monoisotopic (exact) mass is 277 g/mol. The molecule has 1 spiro atoms. The molecule has 5 heteroatoms. The number of likely N-dealkylation sites (tertiary alicyclic amines) is 1. The van der Waals surface area contributed by atoms with Crippen LogP contribution in [0.15, 0.2) is 24.3 Å². The summed E-state index contributed by atoms with van der Waals surface area (Å²) in [5.74, 6) is -0.134. The first-order valence-electron chi connectivity index (χ1n) is 7.08. The standard InChI is InChI=1S/C15H20FN3O/c1-18-8-6-15(7-9-18)10-14(20)17-19(15)11-12-2-4-13(16)5-3-12/h2-5H,6-11H2,1H3,(H,17,20). The number of nitrogens with one attached hydrogen (secondary N) is 1. The molecule has 0 aliphatic carbocycles. The first kappa shape index (κ1) is 13.5. The van der Waals surface area contributed by atoms with Gasteiger partial charge in [0.25, 0.3) is 0 Å². The number of carbonyl (C=O) groups excluding carboxylic acids is 1. The van der Waals surface area contributed by atoms with Crippen molar-refractivity contribution in [2.24, 2.45) is 0 Å². The molecule has 2 saturated heterocycles. The van der Waals surface area contributed by atoms with Gasteiger partial charge in [-0.05, 0) is 50.7 Å². The average Bonchev–Trinajstić information content (AvgIpc) is 2.72. The zero-order valence-corrected chi connectivity index (χ0v) is 11.7. The molecule has 1 aromatic carbocycles. The van der Waals surface area contributed by atoms with Crippen LogP contribution in [0.1, 0.15) is 24.8 Å². The van der Waals surface area contributed by atoms with E-state index in [4.69, 9.17) is 0 Å². The van der Waals surface area contributed by atoms with Crippen molar-refractivity contribution in [2.45, 2.75) is 31.3 Å². The van der Waals surface area contributed by atoms with Crippen molar-refractivity contribution in [1.29, 1.82) is 0 Å². The van der Waals surface area contributed by atoms with Gasteiger partial charge in [0.2, 0.25) is 5.91 Å². The molecule has 2 fully saturated rings. The fraction of sp³-hybridized carbons (Fsp3) is 0.533. The number of hydrogen-bond acceptors (Lipinski definition) is 3. The highest BCUT2D eigenvalue weighted by atomic mass is 19.1. The zero-order chi connectivity index (χ0) is 14.2. The van der Waals surface area contributed by atoms with Gasteiger partial charge in [-0.15, -0.1) is 0 Å². The Kier molecular flexibility index (Phi) is 3.48. The summed E-state index contributed by atoms with van der Waals surface area (Å²) in [7, 11) is 2.11. The first-order chi connectivity index (χ1) is 9.57. The number of hydrazine groups is 1. The number of piperidine rings is 1. The predicted molar refractivity (Wildman–Crippen MR) is 74.2 cm³/mol. The SMILES string of the molecule is CN1CCC2(CC1)CC(=O)NN2Cc1ccc(F)cc1. The van der Waals surface area contributed by atoms with Crippen molar-refractivity contribution in [3.05, 3.63) is 35.6 Å². The quantitative estimate of drug-likeness (QED) is 0.890. The van der Waals surface area contributed by atoms with E-state index in [1.54, 1.807) is 12.1 Å². The number of nitrogens with zero attached hydrogens (tertiary/aromatic N) is 2. The topological polar surface area (TPSA) is 35.6 Å². The van der Waals surface area contributed by atoms with Crippen LogP contribution < -0.4 is 5.43 Å². The second kappa shape index (κ2) is 5.14. The van der Waals surface area contributed by atoms with Crippen LogP contribution in [0.2, 0.25) is 0 Å². The molecule has 0 saturated carbocycles. The molecule has 0 radical (unpaired) electrons. The highest BCUT2D eigenvalue weighted by molar-refractivity contribution is 5.79. The van der Waals surface area contributed by atoms with Gasteiger partial charge in [-0.2, -0.15) is 0 Å². The van der Waals surface area contributed by atoms with E-state index in [2.05, 4.69) is 22.4 Å². The van der Waals surface area contributed by atoms with Crippen LogP contribution in [-0.2, 0) is 11.3 Å².